The van der Waals surface area contributed by atoms with E-state index in [4.69, 9.17) is 10.3 Å². The topological polar surface area (TPSA) is 108 Å². The van der Waals surface area contributed by atoms with Gasteiger partial charge in [-0.1, -0.05) is 23.9 Å². The Morgan fingerprint density at radius 2 is 2.12 bits per heavy atom. The molecule has 0 unspecified atom stereocenters. The predicted molar refractivity (Wildman–Crippen MR) is 90.3 cm³/mol. The predicted octanol–water partition coefficient (Wildman–Crippen LogP) is 2.58. The molecule has 0 saturated heterocycles. The van der Waals surface area contributed by atoms with Crippen LogP contribution in [0.15, 0.2) is 52.2 Å². The normalized spacial score (nSPS) is 10.9. The minimum Gasteiger partial charge on any atom is -0.461 e. The fourth-order valence-electron chi connectivity index (χ4n) is 2.03. The van der Waals surface area contributed by atoms with Crippen LogP contribution in [-0.2, 0) is 4.79 Å². The second-order valence-electron chi connectivity index (χ2n) is 4.86. The molecule has 3 rings (SSSR count). The first-order chi connectivity index (χ1) is 12.5. The highest BCUT2D eigenvalue weighted by molar-refractivity contribution is 7.99. The molecule has 2 aromatic heterocycles. The van der Waals surface area contributed by atoms with E-state index in [1.807, 2.05) is 0 Å². The number of thioether (sulfide) groups is 1. The van der Waals surface area contributed by atoms with Gasteiger partial charge < -0.3 is 20.3 Å². The first-order valence-corrected chi connectivity index (χ1v) is 8.24. The summed E-state index contributed by atoms with van der Waals surface area (Å²) in [5, 5.41) is 10.6. The summed E-state index contributed by atoms with van der Waals surface area (Å²) in [6.45, 7) is -2.99. The number of nitrogens with two attached hydrogens (primary N) is 1. The van der Waals surface area contributed by atoms with Crippen molar-refractivity contribution in [1.29, 1.82) is 0 Å². The number of halogens is 2. The summed E-state index contributed by atoms with van der Waals surface area (Å²) in [6, 6.07) is 9.27. The third-order valence-electron chi connectivity index (χ3n) is 3.12. The number of hydrogen-bond donors (Lipinski definition) is 2. The lowest BCUT2D eigenvalue weighted by molar-refractivity contribution is -0.113. The zero-order chi connectivity index (χ0) is 18.5. The number of hydrogen-bond acceptors (Lipinski definition) is 7. The van der Waals surface area contributed by atoms with E-state index < -0.39 is 12.5 Å². The smallest absolute Gasteiger partial charge is 0.387 e. The number of anilines is 1. The van der Waals surface area contributed by atoms with Crippen LogP contribution in [0.5, 0.6) is 5.75 Å². The molecule has 0 atom stereocenters. The van der Waals surface area contributed by atoms with Gasteiger partial charge >= 0.3 is 6.61 Å². The molecule has 8 nitrogen and oxygen atoms in total. The van der Waals surface area contributed by atoms with Gasteiger partial charge in [0.2, 0.25) is 16.9 Å². The zero-order valence-electron chi connectivity index (χ0n) is 13.1. The quantitative estimate of drug-likeness (QED) is 0.478. The SMILES string of the molecule is Nn1c(SCC(=O)Nc2ccccc2OC(F)F)nnc1-c1ccco1. The summed E-state index contributed by atoms with van der Waals surface area (Å²) in [7, 11) is 0. The van der Waals surface area contributed by atoms with Gasteiger partial charge in [0.05, 0.1) is 17.7 Å². The number of carbonyl (C=O) groups is 1. The summed E-state index contributed by atoms with van der Waals surface area (Å²) in [5.74, 6) is 6.02. The maximum atomic E-state index is 12.4. The van der Waals surface area contributed by atoms with Crippen molar-refractivity contribution in [2.75, 3.05) is 16.9 Å². The number of nitrogens with zero attached hydrogens (tertiary/aromatic N) is 3. The number of nitrogens with one attached hydrogen (secondary N) is 1. The maximum absolute atomic E-state index is 12.4. The van der Waals surface area contributed by atoms with Crippen molar-refractivity contribution in [2.24, 2.45) is 0 Å². The highest BCUT2D eigenvalue weighted by Crippen LogP contribution is 2.26. The number of amides is 1. The van der Waals surface area contributed by atoms with Crippen LogP contribution in [0, 0.1) is 0 Å². The van der Waals surface area contributed by atoms with Gasteiger partial charge in [0.15, 0.2) is 5.76 Å². The number of alkyl halides is 2. The number of benzene rings is 1. The maximum Gasteiger partial charge on any atom is 0.387 e. The van der Waals surface area contributed by atoms with Crippen LogP contribution >= 0.6 is 11.8 Å². The second-order valence-corrected chi connectivity index (χ2v) is 5.81. The Balaban J connectivity index is 1.62. The van der Waals surface area contributed by atoms with Crippen molar-refractivity contribution in [3.8, 4) is 17.3 Å². The first kappa shape index (κ1) is 17.7. The molecule has 136 valence electrons. The molecule has 3 N–H and O–H groups in total. The van der Waals surface area contributed by atoms with Crippen LogP contribution < -0.4 is 15.9 Å². The lowest BCUT2D eigenvalue weighted by atomic mass is 10.3. The summed E-state index contributed by atoms with van der Waals surface area (Å²) in [6.07, 6.45) is 1.48. The average molecular weight is 381 g/mol. The fraction of sp³-hybridized carbons (Fsp3) is 0.133. The van der Waals surface area contributed by atoms with Gasteiger partial charge in [-0.15, -0.1) is 10.2 Å². The molecule has 0 aliphatic heterocycles. The number of furan rings is 1. The molecule has 1 amide bonds. The first-order valence-electron chi connectivity index (χ1n) is 7.25. The zero-order valence-corrected chi connectivity index (χ0v) is 14.0. The van der Waals surface area contributed by atoms with Gasteiger partial charge in [0.25, 0.3) is 0 Å². The highest BCUT2D eigenvalue weighted by Gasteiger charge is 2.16. The molecule has 0 fully saturated rings. The molecule has 26 heavy (non-hydrogen) atoms. The van der Waals surface area contributed by atoms with Crippen LogP contribution in [0.1, 0.15) is 0 Å². The number of carbonyl (C=O) groups excluding carboxylic acids is 1. The van der Waals surface area contributed by atoms with Crippen molar-refractivity contribution >= 4 is 23.4 Å². The van der Waals surface area contributed by atoms with Crippen molar-refractivity contribution in [3.63, 3.8) is 0 Å². The number of aromatic nitrogens is 3. The molecular formula is C15H13F2N5O3S. The minimum absolute atomic E-state index is 0.0590. The largest absolute Gasteiger partial charge is 0.461 e. The summed E-state index contributed by atoms with van der Waals surface area (Å²) < 4.78 is 35.5. The number of nitrogen functional groups attached to an aromatic ring is 1. The molecule has 0 aliphatic rings. The number of ether oxygens (including phenoxy) is 1. The van der Waals surface area contributed by atoms with Crippen LogP contribution in [0.3, 0.4) is 0 Å². The Kier molecular flexibility index (Phi) is 5.37. The monoisotopic (exact) mass is 381 g/mol. The van der Waals surface area contributed by atoms with Crippen molar-refractivity contribution < 1.29 is 22.7 Å². The second kappa shape index (κ2) is 7.87. The number of para-hydroxylation sites is 2. The lowest BCUT2D eigenvalue weighted by Gasteiger charge is -2.11. The Morgan fingerprint density at radius 3 is 2.85 bits per heavy atom. The molecule has 3 aromatic rings. The lowest BCUT2D eigenvalue weighted by Crippen LogP contribution is -2.17. The van der Waals surface area contributed by atoms with E-state index in [0.29, 0.717) is 16.7 Å². The van der Waals surface area contributed by atoms with E-state index in [1.165, 1.54) is 29.1 Å². The van der Waals surface area contributed by atoms with Gasteiger partial charge in [-0.05, 0) is 24.3 Å². The Morgan fingerprint density at radius 1 is 1.31 bits per heavy atom. The Bertz CT molecular complexity index is 885. The standard InChI is InChI=1S/C15H13F2N5O3S/c16-14(17)25-10-5-2-1-4-9(10)19-12(23)8-26-15-21-20-13(22(15)18)11-6-3-7-24-11/h1-7,14H,8,18H2,(H,19,23). The summed E-state index contributed by atoms with van der Waals surface area (Å²) in [4.78, 5) is 12.1. The van der Waals surface area contributed by atoms with Crippen molar-refractivity contribution in [1.82, 2.24) is 14.9 Å². The third-order valence-corrected chi connectivity index (χ3v) is 4.06. The van der Waals surface area contributed by atoms with Gasteiger partial charge in [-0.25, -0.2) is 4.68 Å². The van der Waals surface area contributed by atoms with Crippen LogP contribution in [0.25, 0.3) is 11.6 Å². The molecule has 0 aliphatic carbocycles. The molecular weight excluding hydrogens is 368 g/mol. The van der Waals surface area contributed by atoms with Crippen molar-refractivity contribution in [2.45, 2.75) is 11.8 Å². The molecule has 0 radical (unpaired) electrons. The molecule has 2 heterocycles. The average Bonchev–Trinajstić information content (AvgIpc) is 3.24. The summed E-state index contributed by atoms with van der Waals surface area (Å²) >= 11 is 1.03. The molecule has 1 aromatic carbocycles. The van der Waals surface area contributed by atoms with Crippen LogP contribution in [-0.4, -0.2) is 33.1 Å². The van der Waals surface area contributed by atoms with E-state index in [2.05, 4.69) is 20.3 Å². The van der Waals surface area contributed by atoms with Crippen LogP contribution in [0.4, 0.5) is 14.5 Å². The van der Waals surface area contributed by atoms with Gasteiger partial charge in [0, 0.05) is 0 Å². The molecule has 0 bridgehead atoms. The van der Waals surface area contributed by atoms with Gasteiger partial charge in [-0.2, -0.15) is 8.78 Å². The van der Waals surface area contributed by atoms with Gasteiger partial charge in [0.1, 0.15) is 5.75 Å². The van der Waals surface area contributed by atoms with Crippen LogP contribution in [0.2, 0.25) is 0 Å². The third kappa shape index (κ3) is 4.11. The molecule has 11 heteroatoms. The van der Waals surface area contributed by atoms with E-state index >= 15 is 0 Å². The fourth-order valence-corrected chi connectivity index (χ4v) is 2.69. The summed E-state index contributed by atoms with van der Waals surface area (Å²) in [5.41, 5.74) is 0.142. The van der Waals surface area contributed by atoms with E-state index in [1.54, 1.807) is 18.2 Å². The van der Waals surface area contributed by atoms with Crippen molar-refractivity contribution in [3.05, 3.63) is 42.7 Å². The highest BCUT2D eigenvalue weighted by atomic mass is 32.2. The molecule has 0 spiro atoms. The molecule has 0 saturated carbocycles. The Hall–Kier alpha value is -3.08. The van der Waals surface area contributed by atoms with E-state index in [-0.39, 0.29) is 17.2 Å². The minimum atomic E-state index is -2.99. The Labute approximate surface area is 150 Å². The van der Waals surface area contributed by atoms with E-state index in [9.17, 15) is 13.6 Å². The van der Waals surface area contributed by atoms with E-state index in [0.717, 1.165) is 11.8 Å². The number of rotatable bonds is 7. The van der Waals surface area contributed by atoms with Gasteiger partial charge in [-0.3, -0.25) is 4.79 Å².